The van der Waals surface area contributed by atoms with Gasteiger partial charge in [0.25, 0.3) is 0 Å². The Labute approximate surface area is 203 Å². The molecule has 0 saturated heterocycles. The maximum atomic E-state index is 12.5. The van der Waals surface area contributed by atoms with Crippen molar-refractivity contribution < 1.29 is 14.3 Å². The van der Waals surface area contributed by atoms with Gasteiger partial charge in [0.2, 0.25) is 5.91 Å². The lowest BCUT2D eigenvalue weighted by atomic mass is 10.2. The molecule has 34 heavy (non-hydrogen) atoms. The van der Waals surface area contributed by atoms with Gasteiger partial charge >= 0.3 is 0 Å². The van der Waals surface area contributed by atoms with E-state index in [1.54, 1.807) is 0 Å². The quantitative estimate of drug-likeness (QED) is 0.315. The van der Waals surface area contributed by atoms with E-state index in [1.165, 1.54) is 11.8 Å². The Kier molecular flexibility index (Phi) is 7.83. The summed E-state index contributed by atoms with van der Waals surface area (Å²) in [5.41, 5.74) is 2.72. The number of carbonyl (C=O) groups excluding carboxylic acids is 1. The second-order valence-corrected chi connectivity index (χ2v) is 8.41. The first-order valence-electron chi connectivity index (χ1n) is 11.0. The molecule has 8 heteroatoms. The van der Waals surface area contributed by atoms with E-state index in [2.05, 4.69) is 15.5 Å². The van der Waals surface area contributed by atoms with Crippen LogP contribution in [0.4, 0.5) is 5.69 Å². The molecular weight excluding hydrogens is 448 g/mol. The third-order valence-electron chi connectivity index (χ3n) is 4.85. The van der Waals surface area contributed by atoms with Crippen LogP contribution < -0.4 is 14.8 Å². The van der Waals surface area contributed by atoms with Gasteiger partial charge in [-0.15, -0.1) is 10.2 Å². The first-order valence-corrected chi connectivity index (χ1v) is 12.0. The average molecular weight is 475 g/mol. The van der Waals surface area contributed by atoms with Crippen molar-refractivity contribution in [3.63, 3.8) is 0 Å². The molecule has 4 aromatic rings. The number of ether oxygens (including phenoxy) is 2. The number of carbonyl (C=O) groups is 1. The highest BCUT2D eigenvalue weighted by atomic mass is 32.2. The molecule has 1 aromatic heterocycles. The van der Waals surface area contributed by atoms with Crippen LogP contribution in [0, 0.1) is 6.92 Å². The van der Waals surface area contributed by atoms with Gasteiger partial charge in [0, 0.05) is 11.4 Å². The van der Waals surface area contributed by atoms with Gasteiger partial charge in [0.1, 0.15) is 18.1 Å². The standard InChI is InChI=1S/C26H26N4O3S/c1-3-32-23-14-12-21(13-15-23)30-24(17-33-22-10-5-4-6-11-22)28-29-26(30)34-18-25(31)27-20-9-7-8-19(2)16-20/h4-16H,3,17-18H2,1-2H3,(H,27,31). The second-order valence-electron chi connectivity index (χ2n) is 7.47. The topological polar surface area (TPSA) is 78.3 Å². The Morgan fingerprint density at radius 3 is 2.44 bits per heavy atom. The summed E-state index contributed by atoms with van der Waals surface area (Å²) in [5, 5.41) is 12.2. The summed E-state index contributed by atoms with van der Waals surface area (Å²) in [7, 11) is 0. The summed E-state index contributed by atoms with van der Waals surface area (Å²) in [6, 6.07) is 25.0. The van der Waals surface area contributed by atoms with Gasteiger partial charge in [-0.05, 0) is 67.9 Å². The molecule has 1 N–H and O–H groups in total. The fraction of sp³-hybridized carbons (Fsp3) is 0.192. The zero-order valence-electron chi connectivity index (χ0n) is 19.1. The highest BCUT2D eigenvalue weighted by Gasteiger charge is 2.17. The summed E-state index contributed by atoms with van der Waals surface area (Å²) >= 11 is 1.32. The number of aryl methyl sites for hydroxylation is 1. The van der Waals surface area contributed by atoms with E-state index in [1.807, 2.05) is 97.3 Å². The van der Waals surface area contributed by atoms with Crippen LogP contribution in [0.1, 0.15) is 18.3 Å². The normalized spacial score (nSPS) is 10.6. The Balaban J connectivity index is 1.52. The number of aromatic nitrogens is 3. The summed E-state index contributed by atoms with van der Waals surface area (Å²) < 4.78 is 13.4. The Bertz CT molecular complexity index is 1230. The molecule has 0 bridgehead atoms. The van der Waals surface area contributed by atoms with Gasteiger partial charge < -0.3 is 14.8 Å². The maximum absolute atomic E-state index is 12.5. The number of hydrogen-bond acceptors (Lipinski definition) is 6. The molecule has 0 fully saturated rings. The Morgan fingerprint density at radius 2 is 1.71 bits per heavy atom. The van der Waals surface area contributed by atoms with E-state index in [0.717, 1.165) is 28.4 Å². The molecule has 0 atom stereocenters. The van der Waals surface area contributed by atoms with Crippen LogP contribution in [0.15, 0.2) is 84.0 Å². The van der Waals surface area contributed by atoms with Crippen LogP contribution in [0.3, 0.4) is 0 Å². The molecule has 0 radical (unpaired) electrons. The number of anilines is 1. The van der Waals surface area contributed by atoms with Gasteiger partial charge in [-0.3, -0.25) is 9.36 Å². The minimum atomic E-state index is -0.112. The fourth-order valence-corrected chi connectivity index (χ4v) is 4.09. The number of amides is 1. The molecular formula is C26H26N4O3S. The molecule has 0 aliphatic rings. The van der Waals surface area contributed by atoms with Gasteiger partial charge in [0.15, 0.2) is 11.0 Å². The van der Waals surface area contributed by atoms with Gasteiger partial charge in [-0.25, -0.2) is 0 Å². The molecule has 0 aliphatic carbocycles. The van der Waals surface area contributed by atoms with Crippen molar-refractivity contribution >= 4 is 23.4 Å². The third-order valence-corrected chi connectivity index (χ3v) is 5.78. The monoisotopic (exact) mass is 474 g/mol. The number of hydrogen-bond donors (Lipinski definition) is 1. The molecule has 0 aliphatic heterocycles. The fourth-order valence-electron chi connectivity index (χ4n) is 3.32. The second kappa shape index (κ2) is 11.4. The lowest BCUT2D eigenvalue weighted by Gasteiger charge is -2.12. The lowest BCUT2D eigenvalue weighted by molar-refractivity contribution is -0.113. The summed E-state index contributed by atoms with van der Waals surface area (Å²) in [6.07, 6.45) is 0. The largest absolute Gasteiger partial charge is 0.494 e. The number of thioether (sulfide) groups is 1. The van der Waals surface area contributed by atoms with Crippen LogP contribution in [0.5, 0.6) is 11.5 Å². The number of rotatable bonds is 10. The number of benzene rings is 3. The average Bonchev–Trinajstić information content (AvgIpc) is 3.25. The zero-order chi connectivity index (χ0) is 23.8. The molecule has 0 spiro atoms. The molecule has 4 rings (SSSR count). The highest BCUT2D eigenvalue weighted by Crippen LogP contribution is 2.25. The molecule has 0 unspecified atom stereocenters. The number of nitrogens with one attached hydrogen (secondary N) is 1. The molecule has 174 valence electrons. The first-order chi connectivity index (χ1) is 16.6. The van der Waals surface area contributed by atoms with Crippen molar-refractivity contribution in [2.45, 2.75) is 25.6 Å². The highest BCUT2D eigenvalue weighted by molar-refractivity contribution is 7.99. The molecule has 3 aromatic carbocycles. The van der Waals surface area contributed by atoms with Crippen molar-refractivity contribution in [2.75, 3.05) is 17.7 Å². The van der Waals surface area contributed by atoms with Crippen molar-refractivity contribution in [1.29, 1.82) is 0 Å². The van der Waals surface area contributed by atoms with Crippen molar-refractivity contribution in [3.05, 3.63) is 90.3 Å². The number of nitrogens with zero attached hydrogens (tertiary/aromatic N) is 3. The predicted molar refractivity (Wildman–Crippen MR) is 134 cm³/mol. The van der Waals surface area contributed by atoms with E-state index < -0.39 is 0 Å². The van der Waals surface area contributed by atoms with Crippen LogP contribution >= 0.6 is 11.8 Å². The van der Waals surface area contributed by atoms with Crippen LogP contribution in [0.2, 0.25) is 0 Å². The predicted octanol–water partition coefficient (Wildman–Crippen LogP) is 5.28. The molecule has 1 amide bonds. The minimum absolute atomic E-state index is 0.112. The van der Waals surface area contributed by atoms with Crippen LogP contribution in [-0.2, 0) is 11.4 Å². The lowest BCUT2D eigenvalue weighted by Crippen LogP contribution is -2.15. The smallest absolute Gasteiger partial charge is 0.234 e. The zero-order valence-corrected chi connectivity index (χ0v) is 19.9. The van der Waals surface area contributed by atoms with E-state index in [4.69, 9.17) is 9.47 Å². The minimum Gasteiger partial charge on any atom is -0.494 e. The Morgan fingerprint density at radius 1 is 0.941 bits per heavy atom. The van der Waals surface area contributed by atoms with E-state index in [9.17, 15) is 4.79 Å². The van der Waals surface area contributed by atoms with Crippen molar-refractivity contribution in [1.82, 2.24) is 14.8 Å². The first kappa shape index (κ1) is 23.4. The summed E-state index contributed by atoms with van der Waals surface area (Å²) in [5.74, 6) is 2.25. The SMILES string of the molecule is CCOc1ccc(-n2c(COc3ccccc3)nnc2SCC(=O)Nc2cccc(C)c2)cc1. The Hall–Kier alpha value is -3.78. The van der Waals surface area contributed by atoms with Crippen LogP contribution in [0.25, 0.3) is 5.69 Å². The summed E-state index contributed by atoms with van der Waals surface area (Å²) in [6.45, 7) is 4.77. The van der Waals surface area contributed by atoms with Gasteiger partial charge in [-0.1, -0.05) is 42.1 Å². The number of para-hydroxylation sites is 1. The van der Waals surface area contributed by atoms with Gasteiger partial charge in [0.05, 0.1) is 12.4 Å². The maximum Gasteiger partial charge on any atom is 0.234 e. The molecule has 0 saturated carbocycles. The summed E-state index contributed by atoms with van der Waals surface area (Å²) in [4.78, 5) is 12.5. The molecule has 1 heterocycles. The van der Waals surface area contributed by atoms with Crippen molar-refractivity contribution in [2.24, 2.45) is 0 Å². The van der Waals surface area contributed by atoms with Crippen molar-refractivity contribution in [3.8, 4) is 17.2 Å². The third kappa shape index (κ3) is 6.17. The van der Waals surface area contributed by atoms with Crippen LogP contribution in [-0.4, -0.2) is 33.0 Å². The van der Waals surface area contributed by atoms with E-state index >= 15 is 0 Å². The molecule has 7 nitrogen and oxygen atoms in total. The van der Waals surface area contributed by atoms with Gasteiger partial charge in [-0.2, -0.15) is 0 Å². The van der Waals surface area contributed by atoms with E-state index in [-0.39, 0.29) is 18.3 Å². The van der Waals surface area contributed by atoms with E-state index in [0.29, 0.717) is 17.6 Å².